The van der Waals surface area contributed by atoms with Crippen LogP contribution < -0.4 is 11.1 Å². The minimum Gasteiger partial charge on any atom is -0.507 e. The number of phenolic OH excluding ortho intramolecular Hbond substituents is 1. The van der Waals surface area contributed by atoms with Crippen molar-refractivity contribution < 1.29 is 5.11 Å². The Balaban J connectivity index is 2.32. The summed E-state index contributed by atoms with van der Waals surface area (Å²) < 4.78 is 0. The third-order valence-corrected chi connectivity index (χ3v) is 3.22. The maximum absolute atomic E-state index is 9.87. The molecule has 1 atom stereocenters. The van der Waals surface area contributed by atoms with E-state index in [4.69, 9.17) is 17.3 Å². The summed E-state index contributed by atoms with van der Waals surface area (Å²) in [4.78, 5) is 8.55. The first-order chi connectivity index (χ1) is 9.63. The molecule has 0 radical (unpaired) electrons. The molecule has 5 nitrogen and oxygen atoms in total. The molecule has 0 fully saturated rings. The van der Waals surface area contributed by atoms with Crippen molar-refractivity contribution in [3.05, 3.63) is 35.5 Å². The molecule has 0 aliphatic rings. The summed E-state index contributed by atoms with van der Waals surface area (Å²) in [6.07, 6.45) is 2.53. The highest BCUT2D eigenvalue weighted by Crippen LogP contribution is 2.29. The average Bonchev–Trinajstić information content (AvgIpc) is 2.47. The Morgan fingerprint density at radius 1 is 1.40 bits per heavy atom. The molecule has 0 aliphatic carbocycles. The lowest BCUT2D eigenvalue weighted by molar-refractivity contribution is 0.477. The van der Waals surface area contributed by atoms with E-state index in [1.165, 1.54) is 6.07 Å². The number of anilines is 1. The number of hydrogen-bond donors (Lipinski definition) is 3. The third kappa shape index (κ3) is 3.37. The number of nitrogens with one attached hydrogen (secondary N) is 1. The van der Waals surface area contributed by atoms with Gasteiger partial charge in [0, 0.05) is 23.8 Å². The molecule has 4 N–H and O–H groups in total. The Hall–Kier alpha value is -1.85. The van der Waals surface area contributed by atoms with E-state index in [2.05, 4.69) is 22.2 Å². The monoisotopic (exact) mass is 292 g/mol. The fourth-order valence-electron chi connectivity index (χ4n) is 1.79. The van der Waals surface area contributed by atoms with Crippen molar-refractivity contribution in [2.24, 2.45) is 5.73 Å². The first-order valence-corrected chi connectivity index (χ1v) is 6.80. The topological polar surface area (TPSA) is 84.1 Å². The van der Waals surface area contributed by atoms with E-state index in [1.807, 2.05) is 0 Å². The quantitative estimate of drug-likeness (QED) is 0.789. The Bertz CT molecular complexity index is 587. The van der Waals surface area contributed by atoms with Crippen molar-refractivity contribution in [1.29, 1.82) is 0 Å². The predicted octanol–water partition coefficient (Wildman–Crippen LogP) is 2.65. The van der Waals surface area contributed by atoms with Crippen LogP contribution in [0.2, 0.25) is 5.02 Å². The molecular formula is C14H17ClN4O. The first-order valence-electron chi connectivity index (χ1n) is 6.42. The maximum atomic E-state index is 9.87. The van der Waals surface area contributed by atoms with Crippen LogP contribution in [0.3, 0.4) is 0 Å². The molecule has 1 aromatic carbocycles. The second-order valence-corrected chi connectivity index (χ2v) is 4.85. The van der Waals surface area contributed by atoms with Gasteiger partial charge in [0.15, 0.2) is 5.82 Å². The van der Waals surface area contributed by atoms with Crippen molar-refractivity contribution >= 4 is 17.4 Å². The normalized spacial score (nSPS) is 12.2. The van der Waals surface area contributed by atoms with Gasteiger partial charge in [-0.05, 0) is 30.7 Å². The molecule has 20 heavy (non-hydrogen) atoms. The number of phenols is 1. The van der Waals surface area contributed by atoms with Crippen LogP contribution in [-0.4, -0.2) is 27.7 Å². The lowest BCUT2D eigenvalue weighted by Crippen LogP contribution is -2.28. The summed E-state index contributed by atoms with van der Waals surface area (Å²) >= 11 is 5.94. The van der Waals surface area contributed by atoms with Crippen molar-refractivity contribution in [2.45, 2.75) is 19.4 Å². The minimum atomic E-state index is 0.0948. The largest absolute Gasteiger partial charge is 0.507 e. The number of aromatic hydroxyl groups is 1. The molecule has 0 amide bonds. The summed E-state index contributed by atoms with van der Waals surface area (Å²) in [5, 5.41) is 13.6. The highest BCUT2D eigenvalue weighted by Gasteiger charge is 2.10. The van der Waals surface area contributed by atoms with Crippen LogP contribution in [0.25, 0.3) is 11.4 Å². The number of benzene rings is 1. The van der Waals surface area contributed by atoms with E-state index < -0.39 is 0 Å². The number of aromatic nitrogens is 2. The molecule has 0 saturated heterocycles. The van der Waals surface area contributed by atoms with Gasteiger partial charge in [0.2, 0.25) is 0 Å². The highest BCUT2D eigenvalue weighted by molar-refractivity contribution is 6.30. The van der Waals surface area contributed by atoms with E-state index in [1.54, 1.807) is 24.4 Å². The summed E-state index contributed by atoms with van der Waals surface area (Å²) in [7, 11) is 0. The highest BCUT2D eigenvalue weighted by atomic mass is 35.5. The Morgan fingerprint density at radius 3 is 2.90 bits per heavy atom. The van der Waals surface area contributed by atoms with Crippen molar-refractivity contribution in [2.75, 3.05) is 11.9 Å². The van der Waals surface area contributed by atoms with Gasteiger partial charge in [-0.3, -0.25) is 0 Å². The molecule has 2 aromatic rings. The SMILES string of the molecule is CC[C@H](CN)Nc1ccnc(-c2cc(Cl)ccc2O)n1. The average molecular weight is 293 g/mol. The fourth-order valence-corrected chi connectivity index (χ4v) is 1.97. The van der Waals surface area contributed by atoms with Crippen molar-refractivity contribution in [3.8, 4) is 17.1 Å². The summed E-state index contributed by atoms with van der Waals surface area (Å²) in [6, 6.07) is 6.70. The number of nitrogens with two attached hydrogens (primary N) is 1. The molecule has 6 heteroatoms. The molecule has 106 valence electrons. The molecular weight excluding hydrogens is 276 g/mol. The molecule has 0 bridgehead atoms. The van der Waals surface area contributed by atoms with Crippen molar-refractivity contribution in [3.63, 3.8) is 0 Å². The van der Waals surface area contributed by atoms with Crippen LogP contribution in [0.1, 0.15) is 13.3 Å². The second kappa shape index (κ2) is 6.54. The standard InChI is InChI=1S/C14H17ClN4O/c1-2-10(8-16)18-13-5-6-17-14(19-13)11-7-9(15)3-4-12(11)20/h3-7,10,20H,2,8,16H2,1H3,(H,17,18,19)/t10-/m1/s1. The molecule has 1 heterocycles. The molecule has 0 unspecified atom stereocenters. The Kier molecular flexibility index (Phi) is 4.76. The number of halogens is 1. The van der Waals surface area contributed by atoms with Gasteiger partial charge in [-0.1, -0.05) is 18.5 Å². The van der Waals surface area contributed by atoms with Gasteiger partial charge in [0.1, 0.15) is 11.6 Å². The van der Waals surface area contributed by atoms with Gasteiger partial charge in [-0.2, -0.15) is 0 Å². The van der Waals surface area contributed by atoms with Crippen LogP contribution in [0, 0.1) is 0 Å². The van der Waals surface area contributed by atoms with Crippen LogP contribution in [0.15, 0.2) is 30.5 Å². The number of hydrogen-bond acceptors (Lipinski definition) is 5. The van der Waals surface area contributed by atoms with Crippen LogP contribution in [0.5, 0.6) is 5.75 Å². The van der Waals surface area contributed by atoms with Gasteiger partial charge in [-0.25, -0.2) is 9.97 Å². The summed E-state index contributed by atoms with van der Waals surface area (Å²) in [6.45, 7) is 2.58. The lowest BCUT2D eigenvalue weighted by Gasteiger charge is -2.15. The van der Waals surface area contributed by atoms with Crippen LogP contribution in [-0.2, 0) is 0 Å². The molecule has 2 rings (SSSR count). The second-order valence-electron chi connectivity index (χ2n) is 4.41. The van der Waals surface area contributed by atoms with Crippen LogP contribution >= 0.6 is 11.6 Å². The molecule has 0 saturated carbocycles. The summed E-state index contributed by atoms with van der Waals surface area (Å²) in [5.41, 5.74) is 6.16. The van der Waals surface area contributed by atoms with E-state index in [-0.39, 0.29) is 11.8 Å². The molecule has 1 aromatic heterocycles. The smallest absolute Gasteiger partial charge is 0.165 e. The molecule has 0 spiro atoms. The minimum absolute atomic E-state index is 0.0948. The maximum Gasteiger partial charge on any atom is 0.165 e. The van der Waals surface area contributed by atoms with E-state index in [9.17, 15) is 5.11 Å². The lowest BCUT2D eigenvalue weighted by atomic mass is 10.2. The third-order valence-electron chi connectivity index (χ3n) is 2.98. The zero-order valence-corrected chi connectivity index (χ0v) is 11.9. The van der Waals surface area contributed by atoms with Gasteiger partial charge in [-0.15, -0.1) is 0 Å². The van der Waals surface area contributed by atoms with Gasteiger partial charge in [0.05, 0.1) is 5.56 Å². The number of nitrogens with zero attached hydrogens (tertiary/aromatic N) is 2. The van der Waals surface area contributed by atoms with Gasteiger partial charge < -0.3 is 16.2 Å². The Labute approximate surface area is 122 Å². The van der Waals surface area contributed by atoms with E-state index in [0.29, 0.717) is 28.8 Å². The Morgan fingerprint density at radius 2 is 2.20 bits per heavy atom. The molecule has 0 aliphatic heterocycles. The predicted molar refractivity (Wildman–Crippen MR) is 80.9 cm³/mol. The zero-order valence-electron chi connectivity index (χ0n) is 11.2. The fraction of sp³-hybridized carbons (Fsp3) is 0.286. The summed E-state index contributed by atoms with van der Waals surface area (Å²) in [5.74, 6) is 1.19. The van der Waals surface area contributed by atoms with Gasteiger partial charge in [0.25, 0.3) is 0 Å². The van der Waals surface area contributed by atoms with E-state index >= 15 is 0 Å². The zero-order chi connectivity index (χ0) is 14.5. The first kappa shape index (κ1) is 14.6. The van der Waals surface area contributed by atoms with Crippen molar-refractivity contribution in [1.82, 2.24) is 9.97 Å². The number of rotatable bonds is 5. The van der Waals surface area contributed by atoms with Gasteiger partial charge >= 0.3 is 0 Å². The van der Waals surface area contributed by atoms with Crippen LogP contribution in [0.4, 0.5) is 5.82 Å². The van der Waals surface area contributed by atoms with E-state index in [0.717, 1.165) is 6.42 Å².